The maximum Gasteiger partial charge on any atom is 0.255 e. The number of hydrogen-bond acceptors (Lipinski definition) is 3. The summed E-state index contributed by atoms with van der Waals surface area (Å²) in [4.78, 5) is 12.0. The van der Waals surface area contributed by atoms with Crippen molar-refractivity contribution < 1.29 is 15.0 Å². The molecule has 1 fully saturated rings. The molecule has 98 valence electrons. The van der Waals surface area contributed by atoms with E-state index in [0.717, 1.165) is 19.3 Å². The van der Waals surface area contributed by atoms with Crippen LogP contribution in [0, 0.1) is 5.92 Å². The summed E-state index contributed by atoms with van der Waals surface area (Å²) < 4.78 is 0. The quantitative estimate of drug-likeness (QED) is 0.705. The number of carbonyl (C=O) groups excluding carboxylic acids is 1. The third kappa shape index (κ3) is 2.75. The lowest BCUT2D eigenvalue weighted by Crippen LogP contribution is -2.37. The molecule has 1 aliphatic rings. The lowest BCUT2D eigenvalue weighted by Gasteiger charge is -2.27. The highest BCUT2D eigenvalue weighted by Gasteiger charge is 2.22. The van der Waals surface area contributed by atoms with Crippen molar-refractivity contribution in [3.05, 3.63) is 23.8 Å². The Labute approximate surface area is 107 Å². The second kappa shape index (κ2) is 5.29. The predicted octanol–water partition coefficient (Wildman–Crippen LogP) is 2.41. The fourth-order valence-corrected chi connectivity index (χ4v) is 2.54. The van der Waals surface area contributed by atoms with E-state index in [-0.39, 0.29) is 29.0 Å². The van der Waals surface area contributed by atoms with E-state index < -0.39 is 0 Å². The van der Waals surface area contributed by atoms with E-state index in [4.69, 9.17) is 0 Å². The molecular weight excluding hydrogens is 230 g/mol. The van der Waals surface area contributed by atoms with Crippen LogP contribution in [0.4, 0.5) is 0 Å². The van der Waals surface area contributed by atoms with Gasteiger partial charge in [-0.3, -0.25) is 4.79 Å². The maximum absolute atomic E-state index is 12.0. The zero-order valence-electron chi connectivity index (χ0n) is 10.5. The van der Waals surface area contributed by atoms with Crippen molar-refractivity contribution in [2.45, 2.75) is 38.6 Å². The summed E-state index contributed by atoms with van der Waals surface area (Å²) in [6.07, 6.45) is 4.29. The zero-order valence-corrected chi connectivity index (χ0v) is 10.5. The Balaban J connectivity index is 2.05. The van der Waals surface area contributed by atoms with Gasteiger partial charge in [0.2, 0.25) is 0 Å². The van der Waals surface area contributed by atoms with Crippen LogP contribution in [-0.2, 0) is 0 Å². The summed E-state index contributed by atoms with van der Waals surface area (Å²) >= 11 is 0. The number of rotatable bonds is 2. The Bertz CT molecular complexity index is 445. The summed E-state index contributed by atoms with van der Waals surface area (Å²) in [7, 11) is 0. The van der Waals surface area contributed by atoms with E-state index in [1.807, 2.05) is 0 Å². The summed E-state index contributed by atoms with van der Waals surface area (Å²) in [5.74, 6) is -0.303. The first-order valence-corrected chi connectivity index (χ1v) is 6.39. The normalized spacial score (nSPS) is 23.6. The average molecular weight is 249 g/mol. The molecule has 1 aromatic rings. The zero-order chi connectivity index (χ0) is 13.1. The average Bonchev–Trinajstić information content (AvgIpc) is 2.32. The van der Waals surface area contributed by atoms with E-state index in [9.17, 15) is 15.0 Å². The second-order valence-corrected chi connectivity index (χ2v) is 5.12. The Hall–Kier alpha value is -1.71. The number of carbonyl (C=O) groups is 1. The van der Waals surface area contributed by atoms with Crippen LogP contribution in [0.1, 0.15) is 43.0 Å². The van der Waals surface area contributed by atoms with Crippen LogP contribution < -0.4 is 5.32 Å². The van der Waals surface area contributed by atoms with E-state index >= 15 is 0 Å². The Morgan fingerprint density at radius 3 is 2.83 bits per heavy atom. The van der Waals surface area contributed by atoms with Gasteiger partial charge in [-0.1, -0.05) is 25.8 Å². The molecule has 0 bridgehead atoms. The highest BCUT2D eigenvalue weighted by atomic mass is 16.3. The van der Waals surface area contributed by atoms with Gasteiger partial charge in [-0.15, -0.1) is 0 Å². The van der Waals surface area contributed by atoms with Crippen LogP contribution in [0.25, 0.3) is 0 Å². The molecule has 2 rings (SSSR count). The van der Waals surface area contributed by atoms with Gasteiger partial charge < -0.3 is 15.5 Å². The van der Waals surface area contributed by atoms with Crippen LogP contribution in [0.3, 0.4) is 0 Å². The highest BCUT2D eigenvalue weighted by Crippen LogP contribution is 2.29. The van der Waals surface area contributed by atoms with Gasteiger partial charge in [0.25, 0.3) is 5.91 Å². The molecule has 4 heteroatoms. The number of aromatic hydroxyl groups is 2. The minimum Gasteiger partial charge on any atom is -0.504 e. The van der Waals surface area contributed by atoms with Crippen molar-refractivity contribution in [2.24, 2.45) is 5.92 Å². The number of benzene rings is 1. The molecule has 0 aromatic heterocycles. The van der Waals surface area contributed by atoms with Gasteiger partial charge in [-0.2, -0.15) is 0 Å². The molecule has 0 spiro atoms. The van der Waals surface area contributed by atoms with Crippen molar-refractivity contribution in [3.8, 4) is 11.5 Å². The van der Waals surface area contributed by atoms with E-state index in [2.05, 4.69) is 12.2 Å². The van der Waals surface area contributed by atoms with Crippen LogP contribution in [0.5, 0.6) is 11.5 Å². The third-order valence-electron chi connectivity index (χ3n) is 3.53. The van der Waals surface area contributed by atoms with Gasteiger partial charge in [0, 0.05) is 6.04 Å². The van der Waals surface area contributed by atoms with Gasteiger partial charge >= 0.3 is 0 Å². The van der Waals surface area contributed by atoms with E-state index in [1.54, 1.807) is 6.07 Å². The molecule has 1 aromatic carbocycles. The van der Waals surface area contributed by atoms with Gasteiger partial charge in [0.1, 0.15) is 0 Å². The molecular formula is C14H19NO3. The number of para-hydroxylation sites is 1. The Morgan fingerprint density at radius 1 is 1.33 bits per heavy atom. The van der Waals surface area contributed by atoms with Crippen molar-refractivity contribution in [3.63, 3.8) is 0 Å². The van der Waals surface area contributed by atoms with E-state index in [1.165, 1.54) is 18.6 Å². The summed E-state index contributed by atoms with van der Waals surface area (Å²) in [5, 5.41) is 21.9. The molecule has 18 heavy (non-hydrogen) atoms. The number of hydrogen-bond donors (Lipinski definition) is 3. The first kappa shape index (κ1) is 12.7. The third-order valence-corrected chi connectivity index (χ3v) is 3.53. The largest absolute Gasteiger partial charge is 0.504 e. The second-order valence-electron chi connectivity index (χ2n) is 5.12. The molecule has 1 saturated carbocycles. The maximum atomic E-state index is 12.0. The minimum atomic E-state index is -0.348. The molecule has 0 radical (unpaired) electrons. The van der Waals surface area contributed by atoms with Gasteiger partial charge in [0.15, 0.2) is 11.5 Å². The van der Waals surface area contributed by atoms with Crippen LogP contribution in [-0.4, -0.2) is 22.2 Å². The summed E-state index contributed by atoms with van der Waals surface area (Å²) in [5.41, 5.74) is 0.133. The van der Waals surface area contributed by atoms with Crippen molar-refractivity contribution in [1.82, 2.24) is 5.32 Å². The lowest BCUT2D eigenvalue weighted by atomic mass is 9.87. The van der Waals surface area contributed by atoms with Crippen molar-refractivity contribution in [2.75, 3.05) is 0 Å². The minimum absolute atomic E-state index is 0.133. The van der Waals surface area contributed by atoms with Crippen molar-refractivity contribution >= 4 is 5.91 Å². The fraction of sp³-hybridized carbons (Fsp3) is 0.500. The van der Waals surface area contributed by atoms with Gasteiger partial charge in [-0.25, -0.2) is 0 Å². The molecule has 0 saturated heterocycles. The number of phenolic OH excluding ortho intramolecular Hbond substituents is 2. The lowest BCUT2D eigenvalue weighted by molar-refractivity contribution is 0.0918. The first-order chi connectivity index (χ1) is 8.58. The topological polar surface area (TPSA) is 69.6 Å². The van der Waals surface area contributed by atoms with Crippen LogP contribution in [0.15, 0.2) is 18.2 Å². The molecule has 3 N–H and O–H groups in total. The molecule has 2 unspecified atom stereocenters. The molecule has 0 aliphatic heterocycles. The van der Waals surface area contributed by atoms with Crippen LogP contribution in [0.2, 0.25) is 0 Å². The molecule has 2 atom stereocenters. The standard InChI is InChI=1S/C14H19NO3/c1-9-4-2-5-10(8-9)15-14(18)11-6-3-7-12(16)13(11)17/h3,6-7,9-10,16-17H,2,4-5,8H2,1H3,(H,15,18). The Kier molecular flexibility index (Phi) is 3.75. The van der Waals surface area contributed by atoms with E-state index in [0.29, 0.717) is 5.92 Å². The highest BCUT2D eigenvalue weighted by molar-refractivity contribution is 5.97. The SMILES string of the molecule is CC1CCCC(NC(=O)c2cccc(O)c2O)C1. The fourth-order valence-electron chi connectivity index (χ4n) is 2.54. The smallest absolute Gasteiger partial charge is 0.255 e. The van der Waals surface area contributed by atoms with Crippen LogP contribution >= 0.6 is 0 Å². The van der Waals surface area contributed by atoms with Crippen molar-refractivity contribution in [1.29, 1.82) is 0 Å². The molecule has 0 heterocycles. The first-order valence-electron chi connectivity index (χ1n) is 6.39. The van der Waals surface area contributed by atoms with Gasteiger partial charge in [0.05, 0.1) is 5.56 Å². The molecule has 1 aliphatic carbocycles. The predicted molar refractivity (Wildman–Crippen MR) is 68.7 cm³/mol. The molecule has 4 nitrogen and oxygen atoms in total. The summed E-state index contributed by atoms with van der Waals surface area (Å²) in [6.45, 7) is 2.18. The monoisotopic (exact) mass is 249 g/mol. The number of nitrogens with one attached hydrogen (secondary N) is 1. The van der Waals surface area contributed by atoms with Gasteiger partial charge in [-0.05, 0) is 30.9 Å². The number of phenols is 2. The molecule has 1 amide bonds. The number of amides is 1. The summed E-state index contributed by atoms with van der Waals surface area (Å²) in [6, 6.07) is 4.59. The Morgan fingerprint density at radius 2 is 2.11 bits per heavy atom.